The number of aliphatic carboxylic acids is 1. The molecule has 3 atom stereocenters. The lowest BCUT2D eigenvalue weighted by Gasteiger charge is -2.42. The van der Waals surface area contributed by atoms with Crippen LogP contribution in [0.15, 0.2) is 53.3 Å². The molecule has 1 aliphatic heterocycles. The normalized spacial score (nSPS) is 17.5. The van der Waals surface area contributed by atoms with Crippen LogP contribution in [0.1, 0.15) is 90.8 Å². The number of aromatic amines is 1. The molecule has 1 fully saturated rings. The third-order valence-corrected chi connectivity index (χ3v) is 8.91. The van der Waals surface area contributed by atoms with Crippen molar-refractivity contribution < 1.29 is 23.9 Å². The van der Waals surface area contributed by atoms with Gasteiger partial charge in [0.25, 0.3) is 11.5 Å². The Hall–Kier alpha value is -4.34. The van der Waals surface area contributed by atoms with Gasteiger partial charge in [-0.3, -0.25) is 19.2 Å². The average molecular weight is 591 g/mol. The van der Waals surface area contributed by atoms with Crippen LogP contribution in [-0.4, -0.2) is 50.1 Å². The first-order valence-electron chi connectivity index (χ1n) is 14.7. The van der Waals surface area contributed by atoms with Gasteiger partial charge in [0.2, 0.25) is 5.91 Å². The SMILES string of the molecule is CCC(CC)(C(=O)O)[C@H]1CC[C@@H](c2cccc(F)c2)N1C(=O)[C@@H](C)NC(=O)c1ccc(Cc2cc(C)n[nH]c2=O)c(C)c1. The lowest BCUT2D eigenvalue weighted by Crippen LogP contribution is -2.55. The summed E-state index contributed by atoms with van der Waals surface area (Å²) in [6.07, 6.45) is 1.94. The molecule has 43 heavy (non-hydrogen) atoms. The molecule has 4 rings (SSSR count). The van der Waals surface area contributed by atoms with Gasteiger partial charge in [0.05, 0.1) is 17.2 Å². The van der Waals surface area contributed by atoms with Crippen LogP contribution in [0.5, 0.6) is 0 Å². The largest absolute Gasteiger partial charge is 0.481 e. The summed E-state index contributed by atoms with van der Waals surface area (Å²) >= 11 is 0. The van der Waals surface area contributed by atoms with Gasteiger partial charge in [0.1, 0.15) is 11.9 Å². The Morgan fingerprint density at radius 1 is 1.09 bits per heavy atom. The fourth-order valence-electron chi connectivity index (χ4n) is 6.37. The van der Waals surface area contributed by atoms with Crippen molar-refractivity contribution in [3.8, 4) is 0 Å². The summed E-state index contributed by atoms with van der Waals surface area (Å²) in [5, 5.41) is 19.5. The zero-order chi connectivity index (χ0) is 31.5. The highest BCUT2D eigenvalue weighted by molar-refractivity contribution is 5.98. The monoisotopic (exact) mass is 590 g/mol. The van der Waals surface area contributed by atoms with E-state index in [-0.39, 0.29) is 5.56 Å². The number of rotatable bonds is 10. The van der Waals surface area contributed by atoms with Crippen molar-refractivity contribution in [2.24, 2.45) is 5.41 Å². The molecule has 228 valence electrons. The van der Waals surface area contributed by atoms with Crippen LogP contribution in [-0.2, 0) is 16.0 Å². The molecule has 0 saturated carbocycles. The summed E-state index contributed by atoms with van der Waals surface area (Å²) in [5.74, 6) is -2.29. The number of carbonyl (C=O) groups excluding carboxylic acids is 2. The molecule has 0 spiro atoms. The zero-order valence-corrected chi connectivity index (χ0v) is 25.2. The first kappa shape index (κ1) is 31.6. The average Bonchev–Trinajstić information content (AvgIpc) is 3.41. The highest BCUT2D eigenvalue weighted by atomic mass is 19.1. The van der Waals surface area contributed by atoms with Gasteiger partial charge >= 0.3 is 5.97 Å². The van der Waals surface area contributed by atoms with Gasteiger partial charge in [0, 0.05) is 23.6 Å². The zero-order valence-electron chi connectivity index (χ0n) is 25.2. The van der Waals surface area contributed by atoms with Crippen molar-refractivity contribution in [2.75, 3.05) is 0 Å². The Kier molecular flexibility index (Phi) is 9.47. The third-order valence-electron chi connectivity index (χ3n) is 8.91. The van der Waals surface area contributed by atoms with E-state index in [0.717, 1.165) is 11.1 Å². The van der Waals surface area contributed by atoms with Crippen molar-refractivity contribution in [3.63, 3.8) is 0 Å². The first-order valence-corrected chi connectivity index (χ1v) is 14.7. The molecule has 9 nitrogen and oxygen atoms in total. The minimum absolute atomic E-state index is 0.269. The van der Waals surface area contributed by atoms with E-state index in [2.05, 4.69) is 15.5 Å². The van der Waals surface area contributed by atoms with Gasteiger partial charge in [-0.1, -0.05) is 32.0 Å². The van der Waals surface area contributed by atoms with E-state index in [1.165, 1.54) is 12.1 Å². The fourth-order valence-corrected chi connectivity index (χ4v) is 6.37. The minimum atomic E-state index is -1.18. The Bertz CT molecular complexity index is 1580. The predicted molar refractivity (Wildman–Crippen MR) is 160 cm³/mol. The molecular weight excluding hydrogens is 551 g/mol. The number of halogens is 1. The number of hydrogen-bond donors (Lipinski definition) is 3. The Morgan fingerprint density at radius 3 is 2.44 bits per heavy atom. The van der Waals surface area contributed by atoms with Crippen molar-refractivity contribution in [3.05, 3.63) is 98.2 Å². The molecule has 0 aliphatic carbocycles. The summed E-state index contributed by atoms with van der Waals surface area (Å²) in [6, 6.07) is 10.8. The Labute approximate surface area is 250 Å². The molecule has 0 radical (unpaired) electrons. The molecule has 3 aromatic rings. The summed E-state index contributed by atoms with van der Waals surface area (Å²) in [6.45, 7) is 8.83. The smallest absolute Gasteiger partial charge is 0.311 e. The third kappa shape index (κ3) is 6.38. The standard InChI is InChI=1S/C33H39FN4O5/c1-6-33(7-2,32(42)43)28-14-13-27(23-9-8-10-26(34)18-23)38(28)31(41)21(5)35-29(39)24-12-11-22(19(3)15-24)17-25-16-20(4)36-37-30(25)40/h8-12,15-16,18,21,27-28H,6-7,13-14,17H2,1-5H3,(H,35,39)(H,37,40)(H,42,43)/t21-,27+,28-/m1/s1. The van der Waals surface area contributed by atoms with Gasteiger partial charge in [-0.25, -0.2) is 9.49 Å². The maximum atomic E-state index is 14.2. The highest BCUT2D eigenvalue weighted by Gasteiger charge is 2.52. The van der Waals surface area contributed by atoms with Gasteiger partial charge in [-0.05, 0) is 93.5 Å². The van der Waals surface area contributed by atoms with E-state index in [4.69, 9.17) is 0 Å². The molecule has 2 aromatic carbocycles. The molecule has 10 heteroatoms. The summed E-state index contributed by atoms with van der Waals surface area (Å²) in [7, 11) is 0. The number of likely N-dealkylation sites (tertiary alicyclic amines) is 1. The molecule has 0 bridgehead atoms. The number of nitrogens with zero attached hydrogens (tertiary/aromatic N) is 2. The quantitative estimate of drug-likeness (QED) is 0.309. The molecule has 1 aromatic heterocycles. The number of nitrogens with one attached hydrogen (secondary N) is 2. The minimum Gasteiger partial charge on any atom is -0.481 e. The number of hydrogen-bond acceptors (Lipinski definition) is 5. The van der Waals surface area contributed by atoms with E-state index in [1.807, 2.05) is 6.92 Å². The van der Waals surface area contributed by atoms with E-state index in [0.29, 0.717) is 54.5 Å². The topological polar surface area (TPSA) is 132 Å². The number of amides is 2. The highest BCUT2D eigenvalue weighted by Crippen LogP contribution is 2.47. The summed E-state index contributed by atoms with van der Waals surface area (Å²) in [4.78, 5) is 53.7. The van der Waals surface area contributed by atoms with Crippen molar-refractivity contribution >= 4 is 17.8 Å². The second-order valence-corrected chi connectivity index (χ2v) is 11.5. The summed E-state index contributed by atoms with van der Waals surface area (Å²) < 4.78 is 14.2. The molecule has 1 saturated heterocycles. The lowest BCUT2D eigenvalue weighted by atomic mass is 9.74. The van der Waals surface area contributed by atoms with Crippen molar-refractivity contribution in [1.82, 2.24) is 20.4 Å². The van der Waals surface area contributed by atoms with Crippen LogP contribution in [0.3, 0.4) is 0 Å². The van der Waals surface area contributed by atoms with Gasteiger partial charge in [0.15, 0.2) is 0 Å². The molecule has 1 aliphatic rings. The van der Waals surface area contributed by atoms with Gasteiger partial charge < -0.3 is 15.3 Å². The molecule has 2 heterocycles. The number of carbonyl (C=O) groups is 3. The number of carboxylic acids is 1. The first-order chi connectivity index (χ1) is 20.4. The molecule has 0 unspecified atom stereocenters. The Morgan fingerprint density at radius 2 is 1.81 bits per heavy atom. The van der Waals surface area contributed by atoms with E-state index >= 15 is 0 Å². The van der Waals surface area contributed by atoms with Crippen LogP contribution in [0.25, 0.3) is 0 Å². The van der Waals surface area contributed by atoms with Gasteiger partial charge in [-0.15, -0.1) is 0 Å². The molecule has 3 N–H and O–H groups in total. The number of aromatic nitrogens is 2. The van der Waals surface area contributed by atoms with E-state index < -0.39 is 47.1 Å². The van der Waals surface area contributed by atoms with E-state index in [9.17, 15) is 28.7 Å². The van der Waals surface area contributed by atoms with Crippen LogP contribution < -0.4 is 10.9 Å². The summed E-state index contributed by atoms with van der Waals surface area (Å²) in [5.41, 5.74) is 2.44. The van der Waals surface area contributed by atoms with Crippen LogP contribution in [0, 0.1) is 25.1 Å². The van der Waals surface area contributed by atoms with Crippen molar-refractivity contribution in [2.45, 2.75) is 84.8 Å². The maximum absolute atomic E-state index is 14.2. The van der Waals surface area contributed by atoms with Crippen LogP contribution >= 0.6 is 0 Å². The molecule has 2 amide bonds. The Balaban J connectivity index is 1.58. The van der Waals surface area contributed by atoms with Crippen molar-refractivity contribution in [1.29, 1.82) is 0 Å². The second kappa shape index (κ2) is 12.9. The predicted octanol–water partition coefficient (Wildman–Crippen LogP) is 4.86. The fraction of sp³-hybridized carbons (Fsp3) is 0.424. The van der Waals surface area contributed by atoms with Crippen LogP contribution in [0.2, 0.25) is 0 Å². The van der Waals surface area contributed by atoms with Gasteiger partial charge in [-0.2, -0.15) is 5.10 Å². The van der Waals surface area contributed by atoms with Crippen LogP contribution in [0.4, 0.5) is 4.39 Å². The number of benzene rings is 2. The second-order valence-electron chi connectivity index (χ2n) is 11.5. The number of carboxylic acid groups (broad SMARTS) is 1. The lowest BCUT2D eigenvalue weighted by molar-refractivity contribution is -0.157. The molecular formula is C33H39FN4O5. The van der Waals surface area contributed by atoms with E-state index in [1.54, 1.807) is 69.0 Å². The number of H-pyrrole nitrogens is 1. The number of aryl methyl sites for hydroxylation is 2. The maximum Gasteiger partial charge on any atom is 0.311 e.